The van der Waals surface area contributed by atoms with Crippen LogP contribution in [0.3, 0.4) is 0 Å². The molecule has 2 aromatic rings. The maximum absolute atomic E-state index is 6.46. The van der Waals surface area contributed by atoms with Crippen molar-refractivity contribution < 1.29 is 14.2 Å². The summed E-state index contributed by atoms with van der Waals surface area (Å²) in [6.45, 7) is 1.91. The van der Waals surface area contributed by atoms with Crippen molar-refractivity contribution in [2.24, 2.45) is 5.73 Å². The summed E-state index contributed by atoms with van der Waals surface area (Å²) in [5, 5.41) is 0. The summed E-state index contributed by atoms with van der Waals surface area (Å²) < 4.78 is 16.9. The smallest absolute Gasteiger partial charge is 0.166 e. The molecule has 0 fully saturated rings. The molecular weight excluding hydrogens is 266 g/mol. The molecule has 21 heavy (non-hydrogen) atoms. The number of nitrogens with two attached hydrogens (primary N) is 1. The minimum absolute atomic E-state index is 0.229. The van der Waals surface area contributed by atoms with Gasteiger partial charge in [-0.25, -0.2) is 0 Å². The maximum atomic E-state index is 6.46. The SMILES string of the molecule is NC(c1ccc2c(c1)CCO2)c1cccc2c1OCCO2. The van der Waals surface area contributed by atoms with Crippen molar-refractivity contribution in [2.75, 3.05) is 19.8 Å². The number of fused-ring (bicyclic) bond motifs is 2. The van der Waals surface area contributed by atoms with Gasteiger partial charge in [0.25, 0.3) is 0 Å². The van der Waals surface area contributed by atoms with Crippen LogP contribution in [0.15, 0.2) is 36.4 Å². The van der Waals surface area contributed by atoms with E-state index in [0.717, 1.165) is 41.4 Å². The van der Waals surface area contributed by atoms with E-state index >= 15 is 0 Å². The summed E-state index contributed by atoms with van der Waals surface area (Å²) in [4.78, 5) is 0. The number of hydrogen-bond donors (Lipinski definition) is 1. The van der Waals surface area contributed by atoms with Crippen LogP contribution in [0.25, 0.3) is 0 Å². The summed E-state index contributed by atoms with van der Waals surface area (Å²) in [7, 11) is 0. The molecule has 1 unspecified atom stereocenters. The Morgan fingerprint density at radius 2 is 1.76 bits per heavy atom. The lowest BCUT2D eigenvalue weighted by Crippen LogP contribution is -2.20. The fraction of sp³-hybridized carbons (Fsp3) is 0.294. The topological polar surface area (TPSA) is 53.7 Å². The summed E-state index contributed by atoms with van der Waals surface area (Å²) >= 11 is 0. The van der Waals surface area contributed by atoms with Crippen LogP contribution in [0, 0.1) is 0 Å². The van der Waals surface area contributed by atoms with Gasteiger partial charge in [0.1, 0.15) is 19.0 Å². The average molecular weight is 283 g/mol. The van der Waals surface area contributed by atoms with Gasteiger partial charge in [0.15, 0.2) is 11.5 Å². The van der Waals surface area contributed by atoms with Gasteiger partial charge in [-0.1, -0.05) is 24.3 Å². The molecule has 4 rings (SSSR count). The first-order valence-electron chi connectivity index (χ1n) is 7.22. The minimum atomic E-state index is -0.229. The van der Waals surface area contributed by atoms with Crippen LogP contribution in [-0.4, -0.2) is 19.8 Å². The van der Waals surface area contributed by atoms with Gasteiger partial charge in [0, 0.05) is 12.0 Å². The van der Waals surface area contributed by atoms with Crippen LogP contribution in [0.5, 0.6) is 17.2 Å². The maximum Gasteiger partial charge on any atom is 0.166 e. The molecule has 0 bridgehead atoms. The van der Waals surface area contributed by atoms with Crippen LogP contribution in [0.4, 0.5) is 0 Å². The average Bonchev–Trinajstić information content (AvgIpc) is 3.01. The Morgan fingerprint density at radius 1 is 0.905 bits per heavy atom. The van der Waals surface area contributed by atoms with E-state index in [1.807, 2.05) is 30.3 Å². The van der Waals surface area contributed by atoms with E-state index < -0.39 is 0 Å². The molecule has 0 radical (unpaired) electrons. The standard InChI is InChI=1S/C17H17NO3/c18-16(12-4-5-14-11(10-12)6-7-19-14)13-2-1-3-15-17(13)21-9-8-20-15/h1-5,10,16H,6-9,18H2. The van der Waals surface area contributed by atoms with Crippen LogP contribution in [-0.2, 0) is 6.42 Å². The molecule has 2 aliphatic heterocycles. The van der Waals surface area contributed by atoms with Crippen LogP contribution in [0.1, 0.15) is 22.7 Å². The molecule has 0 saturated carbocycles. The second-order valence-electron chi connectivity index (χ2n) is 5.31. The number of benzene rings is 2. The van der Waals surface area contributed by atoms with Crippen molar-refractivity contribution in [1.29, 1.82) is 0 Å². The summed E-state index contributed by atoms with van der Waals surface area (Å²) in [6.07, 6.45) is 0.947. The molecule has 0 amide bonds. The fourth-order valence-electron chi connectivity index (χ4n) is 2.92. The molecule has 2 N–H and O–H groups in total. The molecule has 0 aliphatic carbocycles. The third kappa shape index (κ3) is 2.12. The summed E-state index contributed by atoms with van der Waals surface area (Å²) in [6, 6.07) is 11.8. The van der Waals surface area contributed by atoms with E-state index in [1.165, 1.54) is 5.56 Å². The fourth-order valence-corrected chi connectivity index (χ4v) is 2.92. The Kier molecular flexibility index (Phi) is 2.97. The highest BCUT2D eigenvalue weighted by molar-refractivity contribution is 5.52. The first kappa shape index (κ1) is 12.5. The highest BCUT2D eigenvalue weighted by Crippen LogP contribution is 2.39. The van der Waals surface area contributed by atoms with Crippen molar-refractivity contribution in [3.63, 3.8) is 0 Å². The Morgan fingerprint density at radius 3 is 2.71 bits per heavy atom. The quantitative estimate of drug-likeness (QED) is 0.919. The van der Waals surface area contributed by atoms with Crippen molar-refractivity contribution in [1.82, 2.24) is 0 Å². The predicted octanol–water partition coefficient (Wildman–Crippen LogP) is 2.44. The van der Waals surface area contributed by atoms with Crippen LogP contribution in [0.2, 0.25) is 0 Å². The summed E-state index contributed by atoms with van der Waals surface area (Å²) in [5.74, 6) is 2.52. The van der Waals surface area contributed by atoms with Gasteiger partial charge in [-0.15, -0.1) is 0 Å². The zero-order valence-corrected chi connectivity index (χ0v) is 11.7. The molecule has 2 heterocycles. The summed E-state index contributed by atoms with van der Waals surface area (Å²) in [5.41, 5.74) is 9.72. The molecule has 2 aromatic carbocycles. The van der Waals surface area contributed by atoms with Gasteiger partial charge in [-0.05, 0) is 23.3 Å². The highest BCUT2D eigenvalue weighted by Gasteiger charge is 2.22. The van der Waals surface area contributed by atoms with E-state index in [1.54, 1.807) is 0 Å². The van der Waals surface area contributed by atoms with Gasteiger partial charge in [0.05, 0.1) is 12.6 Å². The molecular formula is C17H17NO3. The van der Waals surface area contributed by atoms with E-state index in [9.17, 15) is 0 Å². The molecule has 4 nitrogen and oxygen atoms in total. The molecule has 2 aliphatic rings. The van der Waals surface area contributed by atoms with Gasteiger partial charge in [-0.3, -0.25) is 0 Å². The lowest BCUT2D eigenvalue weighted by molar-refractivity contribution is 0.169. The molecule has 4 heteroatoms. The van der Waals surface area contributed by atoms with Gasteiger partial charge in [0.2, 0.25) is 0 Å². The van der Waals surface area contributed by atoms with Crippen molar-refractivity contribution in [2.45, 2.75) is 12.5 Å². The molecule has 0 aromatic heterocycles. The second kappa shape index (κ2) is 4.97. The molecule has 0 saturated heterocycles. The predicted molar refractivity (Wildman–Crippen MR) is 79.1 cm³/mol. The van der Waals surface area contributed by atoms with Crippen LogP contribution >= 0.6 is 0 Å². The van der Waals surface area contributed by atoms with Crippen molar-refractivity contribution in [3.05, 3.63) is 53.1 Å². The first-order valence-corrected chi connectivity index (χ1v) is 7.22. The Balaban J connectivity index is 1.73. The normalized spacial score (nSPS) is 17.0. The third-order valence-electron chi connectivity index (χ3n) is 4.00. The van der Waals surface area contributed by atoms with Crippen molar-refractivity contribution in [3.8, 4) is 17.2 Å². The largest absolute Gasteiger partial charge is 0.493 e. The van der Waals surface area contributed by atoms with Gasteiger partial charge >= 0.3 is 0 Å². The lowest BCUT2D eigenvalue weighted by atomic mass is 9.96. The van der Waals surface area contributed by atoms with Gasteiger partial charge in [-0.2, -0.15) is 0 Å². The second-order valence-corrected chi connectivity index (χ2v) is 5.31. The minimum Gasteiger partial charge on any atom is -0.493 e. The van der Waals surface area contributed by atoms with Crippen molar-refractivity contribution >= 4 is 0 Å². The Hall–Kier alpha value is -2.20. The number of ether oxygens (including phenoxy) is 3. The van der Waals surface area contributed by atoms with E-state index in [2.05, 4.69) is 6.07 Å². The third-order valence-corrected chi connectivity index (χ3v) is 4.00. The number of hydrogen-bond acceptors (Lipinski definition) is 4. The number of rotatable bonds is 2. The molecule has 108 valence electrons. The number of para-hydroxylation sites is 1. The van der Waals surface area contributed by atoms with E-state index in [0.29, 0.717) is 13.2 Å². The molecule has 1 atom stereocenters. The monoisotopic (exact) mass is 283 g/mol. The zero-order valence-electron chi connectivity index (χ0n) is 11.7. The molecule has 0 spiro atoms. The Labute approximate surface area is 123 Å². The van der Waals surface area contributed by atoms with Gasteiger partial charge < -0.3 is 19.9 Å². The van der Waals surface area contributed by atoms with Crippen LogP contribution < -0.4 is 19.9 Å². The highest BCUT2D eigenvalue weighted by atomic mass is 16.6. The Bertz CT molecular complexity index is 684. The van der Waals surface area contributed by atoms with E-state index in [4.69, 9.17) is 19.9 Å². The first-order chi connectivity index (χ1) is 10.3. The lowest BCUT2D eigenvalue weighted by Gasteiger charge is -2.23. The van der Waals surface area contributed by atoms with E-state index in [-0.39, 0.29) is 6.04 Å². The zero-order chi connectivity index (χ0) is 14.2.